The summed E-state index contributed by atoms with van der Waals surface area (Å²) in [5.41, 5.74) is 1.41. The minimum Gasteiger partial charge on any atom is -0.490 e. The highest BCUT2D eigenvalue weighted by Crippen LogP contribution is 2.30. The molecule has 1 aliphatic heterocycles. The van der Waals surface area contributed by atoms with Crippen molar-refractivity contribution in [2.24, 2.45) is 0 Å². The zero-order chi connectivity index (χ0) is 19.2. The normalized spacial score (nSPS) is 20.0. The lowest BCUT2D eigenvalue weighted by Gasteiger charge is -2.26. The molecule has 1 fully saturated rings. The highest BCUT2D eigenvalue weighted by molar-refractivity contribution is 6.42. The van der Waals surface area contributed by atoms with Crippen molar-refractivity contribution in [1.29, 1.82) is 0 Å². The predicted molar refractivity (Wildman–Crippen MR) is 105 cm³/mol. The molecule has 0 amide bonds. The number of hydrogen-bond acceptors (Lipinski definition) is 5. The SMILES string of the molecule is COC(=O)c1ccccc1OC[C@@H]1OCCNC[C@@H]1c1ccc(Cl)c(Cl)c1. The molecule has 0 aliphatic carbocycles. The van der Waals surface area contributed by atoms with Crippen molar-refractivity contribution in [3.63, 3.8) is 0 Å². The van der Waals surface area contributed by atoms with Crippen LogP contribution in [0.3, 0.4) is 0 Å². The van der Waals surface area contributed by atoms with Crippen molar-refractivity contribution < 1.29 is 19.0 Å². The summed E-state index contributed by atoms with van der Waals surface area (Å²) in [6.07, 6.45) is -0.206. The van der Waals surface area contributed by atoms with E-state index in [0.29, 0.717) is 34.6 Å². The van der Waals surface area contributed by atoms with Gasteiger partial charge in [-0.3, -0.25) is 0 Å². The van der Waals surface area contributed by atoms with Crippen LogP contribution in [0.1, 0.15) is 21.8 Å². The molecule has 1 N–H and O–H groups in total. The Balaban J connectivity index is 1.79. The van der Waals surface area contributed by atoms with Crippen LogP contribution in [-0.4, -0.2) is 45.5 Å². The van der Waals surface area contributed by atoms with E-state index in [1.807, 2.05) is 18.2 Å². The van der Waals surface area contributed by atoms with E-state index in [2.05, 4.69) is 5.32 Å². The van der Waals surface area contributed by atoms with E-state index >= 15 is 0 Å². The second-order valence-electron chi connectivity index (χ2n) is 6.19. The Labute approximate surface area is 168 Å². The summed E-state index contributed by atoms with van der Waals surface area (Å²) in [7, 11) is 1.35. The van der Waals surface area contributed by atoms with Gasteiger partial charge in [0.2, 0.25) is 0 Å². The summed E-state index contributed by atoms with van der Waals surface area (Å²) in [6, 6.07) is 12.6. The van der Waals surface area contributed by atoms with Gasteiger partial charge in [0.05, 0.1) is 29.9 Å². The Morgan fingerprint density at radius 2 is 2.04 bits per heavy atom. The first-order valence-electron chi connectivity index (χ1n) is 8.67. The fourth-order valence-electron chi connectivity index (χ4n) is 3.07. The average Bonchev–Trinajstić information content (AvgIpc) is 2.93. The molecule has 0 spiro atoms. The van der Waals surface area contributed by atoms with E-state index in [9.17, 15) is 4.79 Å². The van der Waals surface area contributed by atoms with Gasteiger partial charge in [0.25, 0.3) is 0 Å². The fraction of sp³-hybridized carbons (Fsp3) is 0.350. The van der Waals surface area contributed by atoms with Crippen molar-refractivity contribution in [2.75, 3.05) is 33.4 Å². The zero-order valence-corrected chi connectivity index (χ0v) is 16.4. The number of hydrogen-bond donors (Lipinski definition) is 1. The van der Waals surface area contributed by atoms with E-state index in [0.717, 1.165) is 18.7 Å². The smallest absolute Gasteiger partial charge is 0.341 e. The van der Waals surface area contributed by atoms with Crippen LogP contribution in [-0.2, 0) is 9.47 Å². The minimum absolute atomic E-state index is 0.0348. The largest absolute Gasteiger partial charge is 0.490 e. The first-order valence-corrected chi connectivity index (χ1v) is 9.43. The molecular weight excluding hydrogens is 389 g/mol. The number of halogens is 2. The van der Waals surface area contributed by atoms with E-state index in [4.69, 9.17) is 37.4 Å². The van der Waals surface area contributed by atoms with Crippen LogP contribution in [0.15, 0.2) is 42.5 Å². The van der Waals surface area contributed by atoms with Gasteiger partial charge in [-0.1, -0.05) is 41.4 Å². The van der Waals surface area contributed by atoms with Crippen LogP contribution in [0.2, 0.25) is 10.0 Å². The minimum atomic E-state index is -0.435. The molecule has 2 aromatic rings. The van der Waals surface area contributed by atoms with E-state index in [-0.39, 0.29) is 12.0 Å². The monoisotopic (exact) mass is 409 g/mol. The summed E-state index contributed by atoms with van der Waals surface area (Å²) in [6.45, 7) is 2.35. The summed E-state index contributed by atoms with van der Waals surface area (Å²) >= 11 is 12.2. The molecule has 1 saturated heterocycles. The Hall–Kier alpha value is -1.79. The molecule has 0 radical (unpaired) electrons. The average molecular weight is 410 g/mol. The molecule has 2 atom stereocenters. The molecule has 0 aromatic heterocycles. The van der Waals surface area contributed by atoms with Crippen molar-refractivity contribution in [3.8, 4) is 5.75 Å². The molecule has 1 aliphatic rings. The number of esters is 1. The second kappa shape index (κ2) is 9.42. The van der Waals surface area contributed by atoms with E-state index in [1.54, 1.807) is 24.3 Å². The Kier molecular flexibility index (Phi) is 6.96. The van der Waals surface area contributed by atoms with Gasteiger partial charge in [-0.15, -0.1) is 0 Å². The quantitative estimate of drug-likeness (QED) is 0.758. The standard InChI is InChI=1S/C20H21Cl2NO4/c1-25-20(24)14-4-2-3-5-18(14)27-12-19-15(11-23-8-9-26-19)13-6-7-16(21)17(22)10-13/h2-7,10,15,19,23H,8-9,11-12H2,1H3/t15-,19+/m1/s1. The van der Waals surface area contributed by atoms with Gasteiger partial charge < -0.3 is 19.5 Å². The van der Waals surface area contributed by atoms with E-state index < -0.39 is 5.97 Å². The first-order chi connectivity index (χ1) is 13.1. The molecule has 3 rings (SSSR count). The molecule has 27 heavy (non-hydrogen) atoms. The lowest BCUT2D eigenvalue weighted by molar-refractivity contribution is 0.0175. The number of carbonyl (C=O) groups is 1. The number of carbonyl (C=O) groups excluding carboxylic acids is 1. The molecule has 5 nitrogen and oxygen atoms in total. The van der Waals surface area contributed by atoms with Gasteiger partial charge in [-0.25, -0.2) is 4.79 Å². The first kappa shape index (κ1) is 20.0. The molecule has 0 saturated carbocycles. The molecule has 7 heteroatoms. The summed E-state index contributed by atoms with van der Waals surface area (Å²) < 4.78 is 16.8. The molecular formula is C20H21Cl2NO4. The maximum absolute atomic E-state index is 11.9. The van der Waals surface area contributed by atoms with Gasteiger partial charge in [0.15, 0.2) is 0 Å². The predicted octanol–water partition coefficient (Wildman–Crippen LogP) is 3.93. The maximum Gasteiger partial charge on any atom is 0.341 e. The van der Waals surface area contributed by atoms with Gasteiger partial charge in [0.1, 0.15) is 17.9 Å². The topological polar surface area (TPSA) is 56.8 Å². The summed E-state index contributed by atoms with van der Waals surface area (Å²) in [4.78, 5) is 11.9. The van der Waals surface area contributed by atoms with Crippen molar-refractivity contribution in [2.45, 2.75) is 12.0 Å². The number of para-hydroxylation sites is 1. The highest BCUT2D eigenvalue weighted by atomic mass is 35.5. The van der Waals surface area contributed by atoms with Crippen LogP contribution in [0.5, 0.6) is 5.75 Å². The summed E-state index contributed by atoms with van der Waals surface area (Å²) in [5.74, 6) is 0.0701. The number of rotatable bonds is 5. The van der Waals surface area contributed by atoms with Crippen LogP contribution in [0.25, 0.3) is 0 Å². The summed E-state index contributed by atoms with van der Waals surface area (Å²) in [5, 5.41) is 4.39. The van der Waals surface area contributed by atoms with Gasteiger partial charge in [0, 0.05) is 19.0 Å². The molecule has 0 unspecified atom stereocenters. The Morgan fingerprint density at radius 3 is 2.81 bits per heavy atom. The number of nitrogens with one attached hydrogen (secondary N) is 1. The van der Waals surface area contributed by atoms with Crippen molar-refractivity contribution in [3.05, 3.63) is 63.6 Å². The van der Waals surface area contributed by atoms with Gasteiger partial charge >= 0.3 is 5.97 Å². The number of methoxy groups -OCH3 is 1. The second-order valence-corrected chi connectivity index (χ2v) is 7.01. The number of ether oxygens (including phenoxy) is 3. The van der Waals surface area contributed by atoms with Crippen LogP contribution >= 0.6 is 23.2 Å². The third-order valence-corrected chi connectivity index (χ3v) is 5.23. The van der Waals surface area contributed by atoms with Crippen molar-refractivity contribution >= 4 is 29.2 Å². The molecule has 144 valence electrons. The third-order valence-electron chi connectivity index (χ3n) is 4.49. The molecule has 1 heterocycles. The zero-order valence-electron chi connectivity index (χ0n) is 14.9. The van der Waals surface area contributed by atoms with Crippen molar-refractivity contribution in [1.82, 2.24) is 5.32 Å². The third kappa shape index (κ3) is 4.93. The lowest BCUT2D eigenvalue weighted by Crippen LogP contribution is -2.32. The Bertz CT molecular complexity index is 799. The van der Waals surface area contributed by atoms with Crippen LogP contribution in [0, 0.1) is 0 Å². The van der Waals surface area contributed by atoms with Crippen LogP contribution in [0.4, 0.5) is 0 Å². The van der Waals surface area contributed by atoms with Gasteiger partial charge in [-0.05, 0) is 29.8 Å². The maximum atomic E-state index is 11.9. The Morgan fingerprint density at radius 1 is 1.22 bits per heavy atom. The van der Waals surface area contributed by atoms with Gasteiger partial charge in [-0.2, -0.15) is 0 Å². The molecule has 0 bridgehead atoms. The lowest BCUT2D eigenvalue weighted by atomic mass is 9.93. The highest BCUT2D eigenvalue weighted by Gasteiger charge is 2.28. The van der Waals surface area contributed by atoms with E-state index in [1.165, 1.54) is 7.11 Å². The number of benzene rings is 2. The van der Waals surface area contributed by atoms with Crippen LogP contribution < -0.4 is 10.1 Å². The fourth-order valence-corrected chi connectivity index (χ4v) is 3.38. The molecule has 2 aromatic carbocycles.